The fourth-order valence-corrected chi connectivity index (χ4v) is 3.90. The van der Waals surface area contributed by atoms with E-state index in [0.29, 0.717) is 56.8 Å². The molecule has 0 amide bonds. The Morgan fingerprint density at radius 2 is 1.97 bits per heavy atom. The number of H-pyrrole nitrogens is 1. The molecule has 0 aliphatic rings. The Hall–Kier alpha value is -3.44. The summed E-state index contributed by atoms with van der Waals surface area (Å²) in [7, 11) is 0. The van der Waals surface area contributed by atoms with Crippen LogP contribution in [-0.4, -0.2) is 66.9 Å². The summed E-state index contributed by atoms with van der Waals surface area (Å²) in [6.45, 7) is 4.98. The number of fused-ring (bicyclic) bond motifs is 1. The lowest BCUT2D eigenvalue weighted by Gasteiger charge is -2.22. The quantitative estimate of drug-likeness (QED) is 0.235. The number of anilines is 1. The van der Waals surface area contributed by atoms with E-state index in [1.54, 1.807) is 6.07 Å². The van der Waals surface area contributed by atoms with Gasteiger partial charge in [0.15, 0.2) is 11.5 Å². The van der Waals surface area contributed by atoms with Gasteiger partial charge in [-0.2, -0.15) is 9.97 Å². The number of aromatic nitrogens is 4. The van der Waals surface area contributed by atoms with E-state index in [9.17, 15) is 14.7 Å². The highest BCUT2D eigenvalue weighted by Crippen LogP contribution is 2.18. The zero-order valence-corrected chi connectivity index (χ0v) is 20.1. The molecule has 35 heavy (non-hydrogen) atoms. The number of nitrogens with two attached hydrogens (primary N) is 1. The van der Waals surface area contributed by atoms with Gasteiger partial charge in [0.05, 0.1) is 13.0 Å². The SMILES string of the molecule is CCCCOc1nc(N)c2[nH]c(=O)n(CCCN(CCCO)Cc3cccc(CC(=O)O)c3)c2n1. The molecule has 3 rings (SSSR count). The van der Waals surface area contributed by atoms with Crippen molar-refractivity contribution in [3.05, 3.63) is 45.9 Å². The molecule has 2 aromatic heterocycles. The Morgan fingerprint density at radius 3 is 2.71 bits per heavy atom. The summed E-state index contributed by atoms with van der Waals surface area (Å²) in [5.41, 5.74) is 8.27. The molecule has 0 bridgehead atoms. The number of aryl methyl sites for hydroxylation is 1. The van der Waals surface area contributed by atoms with E-state index in [2.05, 4.69) is 26.8 Å². The van der Waals surface area contributed by atoms with E-state index in [4.69, 9.17) is 15.6 Å². The summed E-state index contributed by atoms with van der Waals surface area (Å²) in [5, 5.41) is 18.4. The van der Waals surface area contributed by atoms with Crippen LogP contribution in [-0.2, 0) is 24.3 Å². The number of carboxylic acids is 1. The molecule has 0 unspecified atom stereocenters. The normalized spacial score (nSPS) is 11.4. The predicted molar refractivity (Wildman–Crippen MR) is 132 cm³/mol. The van der Waals surface area contributed by atoms with Gasteiger partial charge in [0.1, 0.15) is 5.52 Å². The lowest BCUT2D eigenvalue weighted by molar-refractivity contribution is -0.136. The molecule has 0 saturated carbocycles. The fourth-order valence-electron chi connectivity index (χ4n) is 3.90. The Balaban J connectivity index is 1.69. The highest BCUT2D eigenvalue weighted by atomic mass is 16.5. The number of carbonyl (C=O) groups is 1. The molecular weight excluding hydrogens is 452 g/mol. The summed E-state index contributed by atoms with van der Waals surface area (Å²) >= 11 is 0. The Bertz CT molecular complexity index is 1170. The largest absolute Gasteiger partial charge is 0.481 e. The second kappa shape index (κ2) is 12.9. The minimum atomic E-state index is -0.869. The summed E-state index contributed by atoms with van der Waals surface area (Å²) < 4.78 is 7.13. The van der Waals surface area contributed by atoms with E-state index < -0.39 is 5.97 Å². The molecular formula is C24H34N6O5. The topological polar surface area (TPSA) is 160 Å². The van der Waals surface area contributed by atoms with Crippen LogP contribution in [0.5, 0.6) is 6.01 Å². The molecule has 3 aromatic rings. The Kier molecular flexibility index (Phi) is 9.62. The molecule has 0 spiro atoms. The number of aliphatic carboxylic acids is 1. The number of unbranched alkanes of at least 4 members (excludes halogenated alkanes) is 1. The van der Waals surface area contributed by atoms with Crippen LogP contribution in [0.3, 0.4) is 0 Å². The number of imidazole rings is 1. The van der Waals surface area contributed by atoms with Gasteiger partial charge in [-0.25, -0.2) is 4.79 Å². The van der Waals surface area contributed by atoms with E-state index in [-0.39, 0.29) is 30.5 Å². The van der Waals surface area contributed by atoms with Crippen molar-refractivity contribution in [2.45, 2.75) is 52.1 Å². The Labute approximate surface area is 203 Å². The molecule has 5 N–H and O–H groups in total. The number of aliphatic hydroxyl groups excluding tert-OH is 1. The number of nitrogens with zero attached hydrogens (tertiary/aromatic N) is 4. The first kappa shape index (κ1) is 26.2. The van der Waals surface area contributed by atoms with Crippen LogP contribution in [0.25, 0.3) is 11.2 Å². The highest BCUT2D eigenvalue weighted by Gasteiger charge is 2.15. The fraction of sp³-hybridized carbons (Fsp3) is 0.500. The zero-order valence-electron chi connectivity index (χ0n) is 20.1. The maximum atomic E-state index is 12.6. The van der Waals surface area contributed by atoms with Crippen molar-refractivity contribution in [1.29, 1.82) is 0 Å². The third-order valence-corrected chi connectivity index (χ3v) is 5.60. The van der Waals surface area contributed by atoms with Crippen molar-refractivity contribution in [2.24, 2.45) is 0 Å². The molecule has 0 fully saturated rings. The van der Waals surface area contributed by atoms with Crippen LogP contribution in [0.15, 0.2) is 29.1 Å². The smallest absolute Gasteiger partial charge is 0.327 e. The zero-order chi connectivity index (χ0) is 25.2. The summed E-state index contributed by atoms with van der Waals surface area (Å²) in [5.74, 6) is -0.699. The van der Waals surface area contributed by atoms with Gasteiger partial charge in [-0.05, 0) is 30.4 Å². The molecule has 11 heteroatoms. The summed E-state index contributed by atoms with van der Waals surface area (Å²) in [6.07, 6.45) is 3.09. The van der Waals surface area contributed by atoms with Gasteiger partial charge >= 0.3 is 17.7 Å². The van der Waals surface area contributed by atoms with Crippen molar-refractivity contribution in [3.63, 3.8) is 0 Å². The molecule has 0 atom stereocenters. The van der Waals surface area contributed by atoms with E-state index in [1.165, 1.54) is 4.57 Å². The maximum Gasteiger partial charge on any atom is 0.327 e. The van der Waals surface area contributed by atoms with Crippen LogP contribution in [0, 0.1) is 0 Å². The summed E-state index contributed by atoms with van der Waals surface area (Å²) in [6, 6.07) is 7.66. The lowest BCUT2D eigenvalue weighted by atomic mass is 10.1. The second-order valence-electron chi connectivity index (χ2n) is 8.47. The van der Waals surface area contributed by atoms with Gasteiger partial charge in [0.25, 0.3) is 0 Å². The number of nitrogens with one attached hydrogen (secondary N) is 1. The van der Waals surface area contributed by atoms with Crippen LogP contribution < -0.4 is 16.2 Å². The van der Waals surface area contributed by atoms with E-state index in [1.807, 2.05) is 18.2 Å². The number of ether oxygens (including phenoxy) is 1. The molecule has 0 radical (unpaired) electrons. The number of carboxylic acid groups (broad SMARTS) is 1. The number of aromatic amines is 1. The third-order valence-electron chi connectivity index (χ3n) is 5.60. The minimum Gasteiger partial charge on any atom is -0.481 e. The number of nitrogen functional groups attached to an aromatic ring is 1. The lowest BCUT2D eigenvalue weighted by Crippen LogP contribution is -2.28. The molecule has 0 saturated heterocycles. The molecule has 11 nitrogen and oxygen atoms in total. The molecule has 0 aliphatic carbocycles. The Morgan fingerprint density at radius 1 is 1.20 bits per heavy atom. The predicted octanol–water partition coefficient (Wildman–Crippen LogP) is 1.78. The summed E-state index contributed by atoms with van der Waals surface area (Å²) in [4.78, 5) is 37.1. The van der Waals surface area contributed by atoms with Gasteiger partial charge in [-0.15, -0.1) is 0 Å². The third kappa shape index (κ3) is 7.52. The van der Waals surface area contributed by atoms with Gasteiger partial charge in [0.2, 0.25) is 0 Å². The molecule has 2 heterocycles. The highest BCUT2D eigenvalue weighted by molar-refractivity contribution is 5.81. The van der Waals surface area contributed by atoms with Crippen molar-refractivity contribution in [2.75, 3.05) is 32.0 Å². The van der Waals surface area contributed by atoms with Crippen LogP contribution in [0.2, 0.25) is 0 Å². The second-order valence-corrected chi connectivity index (χ2v) is 8.47. The first-order valence-corrected chi connectivity index (χ1v) is 11.9. The van der Waals surface area contributed by atoms with Crippen molar-refractivity contribution in [3.8, 4) is 6.01 Å². The van der Waals surface area contributed by atoms with E-state index in [0.717, 1.165) is 24.0 Å². The number of benzene rings is 1. The number of rotatable bonds is 15. The maximum absolute atomic E-state index is 12.6. The standard InChI is InChI=1S/C24H34N6O5/c1-2-3-13-35-23-27-21(25)20-22(28-23)30(24(34)26-20)11-5-9-29(10-6-12-31)16-18-8-4-7-17(14-18)15-19(32)33/h4,7-8,14,31H,2-3,5-6,9-13,15-16H2,1H3,(H,26,34)(H,32,33)(H2,25,27,28). The van der Waals surface area contributed by atoms with Crippen LogP contribution in [0.1, 0.15) is 43.7 Å². The minimum absolute atomic E-state index is 0.0247. The number of aliphatic hydroxyl groups is 1. The monoisotopic (exact) mass is 486 g/mol. The number of hydrogen-bond donors (Lipinski definition) is 4. The van der Waals surface area contributed by atoms with Crippen LogP contribution >= 0.6 is 0 Å². The first-order valence-electron chi connectivity index (χ1n) is 11.9. The van der Waals surface area contributed by atoms with Gasteiger partial charge in [-0.1, -0.05) is 37.6 Å². The van der Waals surface area contributed by atoms with Crippen molar-refractivity contribution < 1.29 is 19.7 Å². The molecule has 1 aromatic carbocycles. The molecule has 0 aliphatic heterocycles. The van der Waals surface area contributed by atoms with Gasteiger partial charge in [-0.3, -0.25) is 14.3 Å². The van der Waals surface area contributed by atoms with E-state index >= 15 is 0 Å². The molecule has 190 valence electrons. The van der Waals surface area contributed by atoms with Gasteiger partial charge < -0.3 is 25.7 Å². The number of hydrogen-bond acceptors (Lipinski definition) is 8. The van der Waals surface area contributed by atoms with Crippen molar-refractivity contribution in [1.82, 2.24) is 24.4 Å². The average Bonchev–Trinajstić information content (AvgIpc) is 3.13. The van der Waals surface area contributed by atoms with Crippen LogP contribution in [0.4, 0.5) is 5.82 Å². The first-order chi connectivity index (χ1) is 16.9. The average molecular weight is 487 g/mol. The van der Waals surface area contributed by atoms with Gasteiger partial charge in [0, 0.05) is 32.8 Å². The van der Waals surface area contributed by atoms with Crippen molar-refractivity contribution >= 4 is 23.0 Å².